The van der Waals surface area contributed by atoms with E-state index in [1.807, 2.05) is 23.9 Å². The molecule has 1 aliphatic rings. The summed E-state index contributed by atoms with van der Waals surface area (Å²) in [7, 11) is 0. The Balaban J connectivity index is 2.27. The van der Waals surface area contributed by atoms with E-state index in [2.05, 4.69) is 18.7 Å². The fourth-order valence-electron chi connectivity index (χ4n) is 2.15. The number of rotatable bonds is 1. The van der Waals surface area contributed by atoms with Gasteiger partial charge in [-0.2, -0.15) is 17.0 Å². The van der Waals surface area contributed by atoms with E-state index < -0.39 is 5.82 Å². The van der Waals surface area contributed by atoms with E-state index in [1.165, 1.54) is 6.07 Å². The number of benzene rings is 1. The van der Waals surface area contributed by atoms with Gasteiger partial charge in [0.1, 0.15) is 17.4 Å². The lowest BCUT2D eigenvalue weighted by Crippen LogP contribution is -2.27. The molecule has 0 bridgehead atoms. The van der Waals surface area contributed by atoms with Gasteiger partial charge >= 0.3 is 0 Å². The van der Waals surface area contributed by atoms with Crippen LogP contribution in [0, 0.1) is 17.1 Å². The van der Waals surface area contributed by atoms with Gasteiger partial charge < -0.3 is 4.90 Å². The lowest BCUT2D eigenvalue weighted by atomic mass is 10.1. The molecule has 0 N–H and O–H groups in total. The van der Waals surface area contributed by atoms with E-state index in [0.29, 0.717) is 0 Å². The standard InChI is InChI=1S/C14H17FN2S/c1-14(2)6-7-17(8-9-18-14)13-5-3-4-12(15)11(13)10-16/h3-5H,6-9H2,1-2H3. The van der Waals surface area contributed by atoms with Gasteiger partial charge in [0.05, 0.1) is 5.69 Å². The summed E-state index contributed by atoms with van der Waals surface area (Å²) in [5.74, 6) is 0.583. The molecule has 0 aromatic heterocycles. The maximum atomic E-state index is 13.6. The molecule has 0 atom stereocenters. The average Bonchev–Trinajstić information content (AvgIpc) is 2.50. The van der Waals surface area contributed by atoms with Crippen LogP contribution < -0.4 is 4.90 Å². The van der Waals surface area contributed by atoms with Gasteiger partial charge in [0.25, 0.3) is 0 Å². The average molecular weight is 264 g/mol. The molecule has 2 rings (SSSR count). The summed E-state index contributed by atoms with van der Waals surface area (Å²) >= 11 is 1.94. The van der Waals surface area contributed by atoms with E-state index in [1.54, 1.807) is 6.07 Å². The van der Waals surface area contributed by atoms with E-state index in [4.69, 9.17) is 5.26 Å². The van der Waals surface area contributed by atoms with Crippen molar-refractivity contribution in [2.24, 2.45) is 0 Å². The van der Waals surface area contributed by atoms with Crippen molar-refractivity contribution in [1.29, 1.82) is 5.26 Å². The molecule has 4 heteroatoms. The minimum absolute atomic E-state index is 0.169. The Hall–Kier alpha value is -1.21. The van der Waals surface area contributed by atoms with Gasteiger partial charge in [-0.3, -0.25) is 0 Å². The van der Waals surface area contributed by atoms with Crippen molar-refractivity contribution < 1.29 is 4.39 Å². The summed E-state index contributed by atoms with van der Waals surface area (Å²) < 4.78 is 13.9. The molecule has 0 radical (unpaired) electrons. The Morgan fingerprint density at radius 3 is 2.89 bits per heavy atom. The molecular weight excluding hydrogens is 247 g/mol. The van der Waals surface area contributed by atoms with Crippen LogP contribution in [0.3, 0.4) is 0 Å². The lowest BCUT2D eigenvalue weighted by molar-refractivity contribution is 0.617. The third-order valence-electron chi connectivity index (χ3n) is 3.28. The molecule has 1 saturated heterocycles. The molecule has 96 valence electrons. The Kier molecular flexibility index (Phi) is 3.82. The molecular formula is C14H17FN2S. The first-order chi connectivity index (χ1) is 8.53. The maximum absolute atomic E-state index is 13.6. The highest BCUT2D eigenvalue weighted by molar-refractivity contribution is 8.00. The Morgan fingerprint density at radius 1 is 1.39 bits per heavy atom. The van der Waals surface area contributed by atoms with Crippen LogP contribution in [0.1, 0.15) is 25.8 Å². The topological polar surface area (TPSA) is 27.0 Å². The summed E-state index contributed by atoms with van der Waals surface area (Å²) in [6.45, 7) is 6.21. The summed E-state index contributed by atoms with van der Waals surface area (Å²) in [5, 5.41) is 9.08. The van der Waals surface area contributed by atoms with Gasteiger partial charge in [0, 0.05) is 23.6 Å². The first kappa shape index (κ1) is 13.2. The summed E-state index contributed by atoms with van der Waals surface area (Å²) in [4.78, 5) is 2.13. The highest BCUT2D eigenvalue weighted by Gasteiger charge is 2.25. The molecule has 1 aliphatic heterocycles. The molecule has 0 saturated carbocycles. The predicted molar refractivity (Wildman–Crippen MR) is 74.5 cm³/mol. The molecule has 1 aromatic rings. The molecule has 0 unspecified atom stereocenters. The second-order valence-electron chi connectivity index (χ2n) is 5.09. The second-order valence-corrected chi connectivity index (χ2v) is 6.89. The molecule has 1 aromatic carbocycles. The normalized spacial score (nSPS) is 19.1. The quantitative estimate of drug-likeness (QED) is 0.777. The van der Waals surface area contributed by atoms with Crippen LogP contribution in [-0.4, -0.2) is 23.6 Å². The first-order valence-electron chi connectivity index (χ1n) is 6.11. The van der Waals surface area contributed by atoms with Crippen LogP contribution in [0.4, 0.5) is 10.1 Å². The number of hydrogen-bond acceptors (Lipinski definition) is 3. The van der Waals surface area contributed by atoms with E-state index in [-0.39, 0.29) is 10.3 Å². The molecule has 1 fully saturated rings. The zero-order valence-electron chi connectivity index (χ0n) is 10.7. The fourth-order valence-corrected chi connectivity index (χ4v) is 3.25. The number of halogens is 1. The van der Waals surface area contributed by atoms with E-state index >= 15 is 0 Å². The van der Waals surface area contributed by atoms with Crippen LogP contribution in [0.2, 0.25) is 0 Å². The van der Waals surface area contributed by atoms with Gasteiger partial charge in [0.2, 0.25) is 0 Å². The van der Waals surface area contributed by atoms with Crippen LogP contribution in [0.5, 0.6) is 0 Å². The van der Waals surface area contributed by atoms with Crippen molar-refractivity contribution in [3.05, 3.63) is 29.6 Å². The van der Waals surface area contributed by atoms with Crippen LogP contribution in [-0.2, 0) is 0 Å². The number of nitrogens with zero attached hydrogens (tertiary/aromatic N) is 2. The van der Waals surface area contributed by atoms with Crippen LogP contribution >= 0.6 is 11.8 Å². The third kappa shape index (κ3) is 2.78. The molecule has 0 amide bonds. The van der Waals surface area contributed by atoms with Gasteiger partial charge in [-0.05, 0) is 18.6 Å². The Labute approximate surface area is 112 Å². The minimum Gasteiger partial charge on any atom is -0.370 e. The van der Waals surface area contributed by atoms with E-state index in [9.17, 15) is 4.39 Å². The smallest absolute Gasteiger partial charge is 0.143 e. The molecule has 2 nitrogen and oxygen atoms in total. The SMILES string of the molecule is CC1(C)CCN(c2cccc(F)c2C#N)CCS1. The van der Waals surface area contributed by atoms with Crippen LogP contribution in [0.25, 0.3) is 0 Å². The van der Waals surface area contributed by atoms with Gasteiger partial charge in [-0.1, -0.05) is 19.9 Å². The number of nitriles is 1. The third-order valence-corrected chi connectivity index (χ3v) is 4.65. The minimum atomic E-state index is -0.425. The second kappa shape index (κ2) is 5.19. The van der Waals surface area contributed by atoms with Crippen molar-refractivity contribution in [2.75, 3.05) is 23.7 Å². The van der Waals surface area contributed by atoms with Crippen molar-refractivity contribution in [2.45, 2.75) is 25.0 Å². The van der Waals surface area contributed by atoms with E-state index in [0.717, 1.165) is 31.0 Å². The summed E-state index contributed by atoms with van der Waals surface area (Å²) in [6, 6.07) is 6.84. The number of hydrogen-bond donors (Lipinski definition) is 0. The van der Waals surface area contributed by atoms with Crippen molar-refractivity contribution >= 4 is 17.4 Å². The molecule has 0 spiro atoms. The highest BCUT2D eigenvalue weighted by Crippen LogP contribution is 2.33. The molecule has 0 aliphatic carbocycles. The Bertz CT molecular complexity index is 479. The van der Waals surface area contributed by atoms with Crippen molar-refractivity contribution in [3.63, 3.8) is 0 Å². The van der Waals surface area contributed by atoms with Crippen molar-refractivity contribution in [1.82, 2.24) is 0 Å². The van der Waals surface area contributed by atoms with Crippen LogP contribution in [0.15, 0.2) is 18.2 Å². The van der Waals surface area contributed by atoms with Crippen molar-refractivity contribution in [3.8, 4) is 6.07 Å². The fraction of sp³-hybridized carbons (Fsp3) is 0.500. The lowest BCUT2D eigenvalue weighted by Gasteiger charge is -2.25. The monoisotopic (exact) mass is 264 g/mol. The van der Waals surface area contributed by atoms with Gasteiger partial charge in [-0.15, -0.1) is 0 Å². The molecule has 18 heavy (non-hydrogen) atoms. The maximum Gasteiger partial charge on any atom is 0.143 e. The zero-order chi connectivity index (χ0) is 13.2. The Morgan fingerprint density at radius 2 is 2.17 bits per heavy atom. The summed E-state index contributed by atoms with van der Waals surface area (Å²) in [6.07, 6.45) is 1.04. The first-order valence-corrected chi connectivity index (χ1v) is 7.09. The summed E-state index contributed by atoms with van der Waals surface area (Å²) in [5.41, 5.74) is 0.901. The number of thioether (sulfide) groups is 1. The largest absolute Gasteiger partial charge is 0.370 e. The highest BCUT2D eigenvalue weighted by atomic mass is 32.2. The number of anilines is 1. The van der Waals surface area contributed by atoms with Gasteiger partial charge in [-0.25, -0.2) is 4.39 Å². The van der Waals surface area contributed by atoms with Gasteiger partial charge in [0.15, 0.2) is 0 Å². The zero-order valence-corrected chi connectivity index (χ0v) is 11.6. The predicted octanol–water partition coefficient (Wildman–Crippen LogP) is 3.42. The molecule has 1 heterocycles.